The number of aromatic nitrogens is 3. The monoisotopic (exact) mass is 406 g/mol. The first-order chi connectivity index (χ1) is 15.3. The lowest BCUT2D eigenvalue weighted by atomic mass is 10.1. The van der Waals surface area contributed by atoms with Crippen LogP contribution in [-0.2, 0) is 6.54 Å². The molecule has 0 bridgehead atoms. The minimum Gasteiger partial charge on any atom is -0.355 e. The molecule has 0 saturated carbocycles. The fraction of sp³-hybridized carbons (Fsp3) is 0.0400. The van der Waals surface area contributed by atoms with E-state index in [1.165, 1.54) is 0 Å². The Hall–Kier alpha value is -4.32. The van der Waals surface area contributed by atoms with Gasteiger partial charge in [-0.2, -0.15) is 0 Å². The molecule has 0 unspecified atom stereocenters. The normalized spacial score (nSPS) is 10.8. The van der Waals surface area contributed by atoms with Gasteiger partial charge in [0.05, 0.1) is 11.1 Å². The number of carbonyl (C=O) groups excluding carboxylic acids is 1. The van der Waals surface area contributed by atoms with E-state index < -0.39 is 0 Å². The lowest BCUT2D eigenvalue weighted by molar-refractivity contribution is 0.0951. The highest BCUT2D eigenvalue weighted by molar-refractivity contribution is 6.01. The maximum atomic E-state index is 12.9. The topological polar surface area (TPSA) is 80.9 Å². The van der Waals surface area contributed by atoms with Gasteiger partial charge in [-0.25, -0.2) is 0 Å². The Balaban J connectivity index is 1.40. The maximum absolute atomic E-state index is 12.9. The summed E-state index contributed by atoms with van der Waals surface area (Å²) in [6, 6.07) is 22.7. The molecule has 150 valence electrons. The van der Waals surface area contributed by atoms with E-state index in [-0.39, 0.29) is 5.91 Å². The fourth-order valence-corrected chi connectivity index (χ4v) is 3.50. The molecule has 0 aliphatic rings. The summed E-state index contributed by atoms with van der Waals surface area (Å²) < 4.78 is 5.53. The quantitative estimate of drug-likeness (QED) is 0.450. The SMILES string of the molecule is O=C(NCc1cccnc1-c1cccnc1)c1ccc2noc(-c3ccccc3)c2c1. The number of hydrogen-bond acceptors (Lipinski definition) is 5. The number of rotatable bonds is 5. The summed E-state index contributed by atoms with van der Waals surface area (Å²) in [5, 5.41) is 7.91. The van der Waals surface area contributed by atoms with Gasteiger partial charge in [0.1, 0.15) is 5.52 Å². The number of pyridine rings is 2. The van der Waals surface area contributed by atoms with Gasteiger partial charge in [-0.15, -0.1) is 0 Å². The highest BCUT2D eigenvalue weighted by Gasteiger charge is 2.14. The molecule has 0 saturated heterocycles. The second kappa shape index (κ2) is 8.20. The van der Waals surface area contributed by atoms with E-state index in [0.717, 1.165) is 27.8 Å². The van der Waals surface area contributed by atoms with Crippen LogP contribution in [0.5, 0.6) is 0 Å². The summed E-state index contributed by atoms with van der Waals surface area (Å²) in [6.45, 7) is 0.351. The third-order valence-electron chi connectivity index (χ3n) is 5.04. The molecule has 5 rings (SSSR count). The van der Waals surface area contributed by atoms with Gasteiger partial charge in [-0.05, 0) is 42.0 Å². The standard InChI is InChI=1S/C25H18N4O2/c30-25(28-16-20-9-5-13-27-23(20)19-8-4-12-26-15-19)18-10-11-22-21(14-18)24(31-29-22)17-6-2-1-3-7-17/h1-15H,16H2,(H,28,30). The zero-order valence-corrected chi connectivity index (χ0v) is 16.5. The lowest BCUT2D eigenvalue weighted by Gasteiger charge is -2.10. The number of carbonyl (C=O) groups is 1. The van der Waals surface area contributed by atoms with Crippen LogP contribution in [0.25, 0.3) is 33.5 Å². The molecular formula is C25H18N4O2. The second-order valence-electron chi connectivity index (χ2n) is 7.05. The van der Waals surface area contributed by atoms with Crippen LogP contribution in [0.4, 0.5) is 0 Å². The van der Waals surface area contributed by atoms with Crippen molar-refractivity contribution < 1.29 is 9.32 Å². The maximum Gasteiger partial charge on any atom is 0.251 e. The third-order valence-corrected chi connectivity index (χ3v) is 5.04. The molecule has 31 heavy (non-hydrogen) atoms. The Kier molecular flexibility index (Phi) is 4.94. The van der Waals surface area contributed by atoms with Crippen LogP contribution in [-0.4, -0.2) is 21.0 Å². The summed E-state index contributed by atoms with van der Waals surface area (Å²) in [7, 11) is 0. The van der Waals surface area contributed by atoms with Gasteiger partial charge in [0.2, 0.25) is 0 Å². The summed E-state index contributed by atoms with van der Waals surface area (Å²) in [5.41, 5.74) is 4.79. The average molecular weight is 406 g/mol. The Morgan fingerprint density at radius 1 is 0.903 bits per heavy atom. The lowest BCUT2D eigenvalue weighted by Crippen LogP contribution is -2.23. The molecule has 6 nitrogen and oxygen atoms in total. The Bertz CT molecular complexity index is 1350. The summed E-state index contributed by atoms with van der Waals surface area (Å²) in [6.07, 6.45) is 5.22. The van der Waals surface area contributed by atoms with E-state index >= 15 is 0 Å². The molecule has 0 spiro atoms. The molecule has 3 aromatic heterocycles. The van der Waals surface area contributed by atoms with Gasteiger partial charge in [0, 0.05) is 41.8 Å². The molecule has 6 heteroatoms. The first-order valence-corrected chi connectivity index (χ1v) is 9.87. The fourth-order valence-electron chi connectivity index (χ4n) is 3.50. The van der Waals surface area contributed by atoms with Crippen molar-refractivity contribution in [2.75, 3.05) is 0 Å². The summed E-state index contributed by atoms with van der Waals surface area (Å²) >= 11 is 0. The highest BCUT2D eigenvalue weighted by atomic mass is 16.5. The summed E-state index contributed by atoms with van der Waals surface area (Å²) in [4.78, 5) is 21.5. The molecule has 2 aromatic carbocycles. The van der Waals surface area contributed by atoms with E-state index in [0.29, 0.717) is 23.4 Å². The van der Waals surface area contributed by atoms with Crippen molar-refractivity contribution >= 4 is 16.8 Å². The smallest absolute Gasteiger partial charge is 0.251 e. The van der Waals surface area contributed by atoms with Crippen LogP contribution in [0.2, 0.25) is 0 Å². The average Bonchev–Trinajstić information content (AvgIpc) is 3.27. The summed E-state index contributed by atoms with van der Waals surface area (Å²) in [5.74, 6) is 0.472. The van der Waals surface area contributed by atoms with E-state index in [1.54, 1.807) is 30.7 Å². The van der Waals surface area contributed by atoms with Gasteiger partial charge in [0.15, 0.2) is 5.76 Å². The predicted molar refractivity (Wildman–Crippen MR) is 118 cm³/mol. The molecule has 0 aliphatic heterocycles. The van der Waals surface area contributed by atoms with Gasteiger partial charge >= 0.3 is 0 Å². The van der Waals surface area contributed by atoms with E-state index in [1.807, 2.05) is 60.7 Å². The molecule has 0 aliphatic carbocycles. The number of benzene rings is 2. The van der Waals surface area contributed by atoms with E-state index in [9.17, 15) is 4.79 Å². The molecule has 5 aromatic rings. The van der Waals surface area contributed by atoms with Crippen LogP contribution in [0.3, 0.4) is 0 Å². The van der Waals surface area contributed by atoms with E-state index in [2.05, 4.69) is 20.4 Å². The Morgan fingerprint density at radius 3 is 2.58 bits per heavy atom. The van der Waals surface area contributed by atoms with Gasteiger partial charge in [-0.3, -0.25) is 14.8 Å². The minimum atomic E-state index is -0.178. The van der Waals surface area contributed by atoms with Crippen LogP contribution in [0, 0.1) is 0 Å². The molecule has 0 fully saturated rings. The van der Waals surface area contributed by atoms with Crippen molar-refractivity contribution in [1.82, 2.24) is 20.4 Å². The molecule has 1 N–H and O–H groups in total. The first-order valence-electron chi connectivity index (χ1n) is 9.87. The molecule has 0 atom stereocenters. The zero-order valence-electron chi connectivity index (χ0n) is 16.5. The first kappa shape index (κ1) is 18.7. The van der Waals surface area contributed by atoms with Crippen molar-refractivity contribution in [2.45, 2.75) is 6.54 Å². The van der Waals surface area contributed by atoms with Gasteiger partial charge in [0.25, 0.3) is 5.91 Å². The van der Waals surface area contributed by atoms with Gasteiger partial charge < -0.3 is 9.84 Å². The van der Waals surface area contributed by atoms with Crippen LogP contribution in [0.1, 0.15) is 15.9 Å². The van der Waals surface area contributed by atoms with Crippen molar-refractivity contribution in [3.63, 3.8) is 0 Å². The Morgan fingerprint density at radius 2 is 1.74 bits per heavy atom. The Labute approximate surface area is 178 Å². The number of nitrogens with one attached hydrogen (secondary N) is 1. The molecule has 0 radical (unpaired) electrons. The van der Waals surface area contributed by atoms with Crippen molar-refractivity contribution in [2.24, 2.45) is 0 Å². The van der Waals surface area contributed by atoms with Crippen LogP contribution >= 0.6 is 0 Å². The van der Waals surface area contributed by atoms with E-state index in [4.69, 9.17) is 4.52 Å². The molecule has 1 amide bonds. The number of hydrogen-bond donors (Lipinski definition) is 1. The molecular weight excluding hydrogens is 388 g/mol. The number of fused-ring (bicyclic) bond motifs is 1. The predicted octanol–water partition coefficient (Wildman–Crippen LogP) is 4.88. The van der Waals surface area contributed by atoms with Gasteiger partial charge in [-0.1, -0.05) is 41.6 Å². The largest absolute Gasteiger partial charge is 0.355 e. The van der Waals surface area contributed by atoms with Crippen molar-refractivity contribution in [1.29, 1.82) is 0 Å². The van der Waals surface area contributed by atoms with Crippen molar-refractivity contribution in [3.05, 3.63) is 103 Å². The van der Waals surface area contributed by atoms with Crippen LogP contribution < -0.4 is 5.32 Å². The second-order valence-corrected chi connectivity index (χ2v) is 7.05. The minimum absolute atomic E-state index is 0.178. The number of nitrogens with zero attached hydrogens (tertiary/aromatic N) is 3. The number of amides is 1. The zero-order chi connectivity index (χ0) is 21.0. The van der Waals surface area contributed by atoms with Crippen LogP contribution in [0.15, 0.2) is 95.9 Å². The molecule has 3 heterocycles. The third kappa shape index (κ3) is 3.79. The van der Waals surface area contributed by atoms with Crippen molar-refractivity contribution in [3.8, 4) is 22.6 Å². The highest BCUT2D eigenvalue weighted by Crippen LogP contribution is 2.29.